The van der Waals surface area contributed by atoms with Crippen molar-refractivity contribution in [3.63, 3.8) is 0 Å². The summed E-state index contributed by atoms with van der Waals surface area (Å²) in [4.78, 5) is 12.6. The predicted molar refractivity (Wildman–Crippen MR) is 102 cm³/mol. The SMILES string of the molecule is CCOC(=O)C1=C(C)OC(N)=C(C#N)C1c1cc(OC)c(OCC)cc1Br. The van der Waals surface area contributed by atoms with E-state index in [1.54, 1.807) is 26.0 Å². The van der Waals surface area contributed by atoms with Crippen molar-refractivity contribution in [2.45, 2.75) is 26.7 Å². The third kappa shape index (κ3) is 4.03. The van der Waals surface area contributed by atoms with Crippen LogP contribution < -0.4 is 15.2 Å². The molecule has 0 aliphatic carbocycles. The second kappa shape index (κ2) is 8.82. The lowest BCUT2D eigenvalue weighted by Gasteiger charge is -2.28. The topological polar surface area (TPSA) is 104 Å². The van der Waals surface area contributed by atoms with E-state index in [0.717, 1.165) is 0 Å². The number of nitriles is 1. The number of nitrogens with zero attached hydrogens (tertiary/aromatic N) is 1. The van der Waals surface area contributed by atoms with E-state index in [4.69, 9.17) is 24.7 Å². The van der Waals surface area contributed by atoms with E-state index in [1.165, 1.54) is 7.11 Å². The molecule has 1 aromatic carbocycles. The highest BCUT2D eigenvalue weighted by molar-refractivity contribution is 9.10. The van der Waals surface area contributed by atoms with Gasteiger partial charge >= 0.3 is 5.97 Å². The highest BCUT2D eigenvalue weighted by Gasteiger charge is 2.37. The zero-order valence-corrected chi connectivity index (χ0v) is 17.2. The molecular weight excluding hydrogens is 416 g/mol. The first kappa shape index (κ1) is 20.6. The second-order valence-corrected chi connectivity index (χ2v) is 6.43. The number of esters is 1. The van der Waals surface area contributed by atoms with Crippen molar-refractivity contribution in [3.05, 3.63) is 45.0 Å². The minimum absolute atomic E-state index is 0.0483. The Balaban J connectivity index is 2.71. The maximum atomic E-state index is 12.6. The molecule has 1 aliphatic heterocycles. The van der Waals surface area contributed by atoms with Crippen LogP contribution in [0.3, 0.4) is 0 Å². The molecule has 0 saturated heterocycles. The average molecular weight is 437 g/mol. The fourth-order valence-corrected chi connectivity index (χ4v) is 3.42. The van der Waals surface area contributed by atoms with Crippen molar-refractivity contribution < 1.29 is 23.7 Å². The van der Waals surface area contributed by atoms with Gasteiger partial charge < -0.3 is 24.7 Å². The van der Waals surface area contributed by atoms with Gasteiger partial charge in [-0.05, 0) is 38.5 Å². The van der Waals surface area contributed by atoms with Gasteiger partial charge in [-0.1, -0.05) is 15.9 Å². The van der Waals surface area contributed by atoms with Gasteiger partial charge in [-0.15, -0.1) is 0 Å². The van der Waals surface area contributed by atoms with Crippen LogP contribution in [-0.2, 0) is 14.3 Å². The summed E-state index contributed by atoms with van der Waals surface area (Å²) >= 11 is 3.50. The maximum Gasteiger partial charge on any atom is 0.338 e. The van der Waals surface area contributed by atoms with Crippen molar-refractivity contribution in [1.82, 2.24) is 0 Å². The van der Waals surface area contributed by atoms with E-state index < -0.39 is 11.9 Å². The number of carbonyl (C=O) groups is 1. The molecule has 1 aliphatic rings. The average Bonchev–Trinajstić information content (AvgIpc) is 2.62. The number of allylic oxidation sites excluding steroid dienone is 2. The fourth-order valence-electron chi connectivity index (χ4n) is 2.87. The van der Waals surface area contributed by atoms with Crippen LogP contribution in [0.2, 0.25) is 0 Å². The van der Waals surface area contributed by atoms with Crippen LogP contribution in [-0.4, -0.2) is 26.3 Å². The van der Waals surface area contributed by atoms with Crippen molar-refractivity contribution >= 4 is 21.9 Å². The first-order valence-corrected chi connectivity index (χ1v) is 9.14. The summed E-state index contributed by atoms with van der Waals surface area (Å²) in [6, 6.07) is 5.49. The molecule has 2 N–H and O–H groups in total. The summed E-state index contributed by atoms with van der Waals surface area (Å²) in [5.74, 6) is -0.0842. The largest absolute Gasteiger partial charge is 0.493 e. The lowest BCUT2D eigenvalue weighted by atomic mass is 9.83. The highest BCUT2D eigenvalue weighted by atomic mass is 79.9. The smallest absolute Gasteiger partial charge is 0.338 e. The van der Waals surface area contributed by atoms with Crippen LogP contribution in [0.4, 0.5) is 0 Å². The molecule has 0 aromatic heterocycles. The number of hydrogen-bond acceptors (Lipinski definition) is 7. The van der Waals surface area contributed by atoms with Gasteiger partial charge in [0.2, 0.25) is 5.88 Å². The van der Waals surface area contributed by atoms with Crippen molar-refractivity contribution in [1.29, 1.82) is 5.26 Å². The summed E-state index contributed by atoms with van der Waals surface area (Å²) < 4.78 is 22.2. The van der Waals surface area contributed by atoms with Crippen LogP contribution in [0.5, 0.6) is 11.5 Å². The molecule has 2 rings (SSSR count). The fraction of sp³-hybridized carbons (Fsp3) is 0.368. The number of halogens is 1. The van der Waals surface area contributed by atoms with Crippen molar-refractivity contribution in [2.75, 3.05) is 20.3 Å². The summed E-state index contributed by atoms with van der Waals surface area (Å²) in [6.45, 7) is 5.83. The first-order valence-electron chi connectivity index (χ1n) is 8.35. The highest BCUT2D eigenvalue weighted by Crippen LogP contribution is 2.45. The number of hydrogen-bond donors (Lipinski definition) is 1. The molecule has 0 bridgehead atoms. The Morgan fingerprint density at radius 1 is 1.33 bits per heavy atom. The molecule has 27 heavy (non-hydrogen) atoms. The first-order chi connectivity index (χ1) is 12.9. The number of nitrogens with two attached hydrogens (primary N) is 1. The lowest BCUT2D eigenvalue weighted by Crippen LogP contribution is -2.25. The quantitative estimate of drug-likeness (QED) is 0.680. The summed E-state index contributed by atoms with van der Waals surface area (Å²) in [5, 5.41) is 9.65. The monoisotopic (exact) mass is 436 g/mol. The van der Waals surface area contributed by atoms with Gasteiger partial charge in [0.1, 0.15) is 17.4 Å². The Hall–Kier alpha value is -2.66. The second-order valence-electron chi connectivity index (χ2n) is 5.57. The normalized spacial score (nSPS) is 16.5. The molecule has 144 valence electrons. The molecule has 7 nitrogen and oxygen atoms in total. The molecule has 0 radical (unpaired) electrons. The van der Waals surface area contributed by atoms with E-state index >= 15 is 0 Å². The number of methoxy groups -OCH3 is 1. The van der Waals surface area contributed by atoms with E-state index in [-0.39, 0.29) is 29.4 Å². The number of carbonyl (C=O) groups excluding carboxylic acids is 1. The number of ether oxygens (including phenoxy) is 4. The molecule has 1 atom stereocenters. The molecule has 1 heterocycles. The van der Waals surface area contributed by atoms with Crippen LogP contribution in [0, 0.1) is 11.3 Å². The lowest BCUT2D eigenvalue weighted by molar-refractivity contribution is -0.139. The molecule has 8 heteroatoms. The van der Waals surface area contributed by atoms with Gasteiger partial charge in [-0.3, -0.25) is 0 Å². The molecule has 1 unspecified atom stereocenters. The number of rotatable bonds is 6. The van der Waals surface area contributed by atoms with Gasteiger partial charge in [0.05, 0.1) is 31.8 Å². The standard InChI is InChI=1S/C19H21BrN2O5/c1-5-25-15-8-13(20)11(7-14(15)24-4)17-12(9-21)18(22)27-10(3)16(17)19(23)26-6-2/h7-8,17H,5-6,22H2,1-4H3. The molecular formula is C19H21BrN2O5. The minimum atomic E-state index is -0.762. The Kier molecular flexibility index (Phi) is 6.75. The minimum Gasteiger partial charge on any atom is -0.493 e. The Labute approximate surface area is 166 Å². The van der Waals surface area contributed by atoms with E-state index in [2.05, 4.69) is 15.9 Å². The van der Waals surface area contributed by atoms with Gasteiger partial charge in [0.25, 0.3) is 0 Å². The summed E-state index contributed by atoms with van der Waals surface area (Å²) in [6.07, 6.45) is 0. The van der Waals surface area contributed by atoms with Crippen molar-refractivity contribution in [2.24, 2.45) is 5.73 Å². The maximum absolute atomic E-state index is 12.6. The summed E-state index contributed by atoms with van der Waals surface area (Å²) in [7, 11) is 1.52. The zero-order valence-electron chi connectivity index (χ0n) is 15.6. The Morgan fingerprint density at radius 2 is 2.04 bits per heavy atom. The van der Waals surface area contributed by atoms with Gasteiger partial charge in [0, 0.05) is 4.47 Å². The van der Waals surface area contributed by atoms with Crippen LogP contribution >= 0.6 is 15.9 Å². The number of benzene rings is 1. The molecule has 0 spiro atoms. The van der Waals surface area contributed by atoms with E-state index in [9.17, 15) is 10.1 Å². The molecule has 0 amide bonds. The zero-order chi connectivity index (χ0) is 20.1. The van der Waals surface area contributed by atoms with Crippen LogP contribution in [0.15, 0.2) is 39.4 Å². The molecule has 0 fully saturated rings. The third-order valence-corrected chi connectivity index (χ3v) is 4.68. The van der Waals surface area contributed by atoms with Crippen LogP contribution in [0.25, 0.3) is 0 Å². The Morgan fingerprint density at radius 3 is 2.59 bits per heavy atom. The predicted octanol–water partition coefficient (Wildman–Crippen LogP) is 3.50. The Bertz CT molecular complexity index is 854. The third-order valence-electron chi connectivity index (χ3n) is 3.99. The molecule has 0 saturated carbocycles. The van der Waals surface area contributed by atoms with Crippen LogP contribution in [0.1, 0.15) is 32.3 Å². The molecule has 1 aromatic rings. The van der Waals surface area contributed by atoms with Crippen molar-refractivity contribution in [3.8, 4) is 17.6 Å². The van der Waals surface area contributed by atoms with E-state index in [0.29, 0.717) is 28.1 Å². The summed E-state index contributed by atoms with van der Waals surface area (Å²) in [5.41, 5.74) is 6.87. The van der Waals surface area contributed by atoms with Gasteiger partial charge in [0.15, 0.2) is 11.5 Å². The van der Waals surface area contributed by atoms with Gasteiger partial charge in [-0.25, -0.2) is 4.79 Å². The van der Waals surface area contributed by atoms with E-state index in [1.807, 2.05) is 13.0 Å². The van der Waals surface area contributed by atoms with Gasteiger partial charge in [-0.2, -0.15) is 5.26 Å².